The summed E-state index contributed by atoms with van der Waals surface area (Å²) < 4.78 is 28.5. The summed E-state index contributed by atoms with van der Waals surface area (Å²) in [6.07, 6.45) is -0.738. The van der Waals surface area contributed by atoms with Gasteiger partial charge in [0.2, 0.25) is 13.1 Å². The van der Waals surface area contributed by atoms with Crippen LogP contribution in [0.1, 0.15) is 23.1 Å². The number of ether oxygens (including phenoxy) is 5. The van der Waals surface area contributed by atoms with Crippen LogP contribution in [0.5, 0.6) is 28.7 Å². The minimum Gasteiger partial charge on any atom is -0.508 e. The highest BCUT2D eigenvalue weighted by atomic mass is 16.7. The fourth-order valence-corrected chi connectivity index (χ4v) is 3.47. The molecule has 6 nitrogen and oxygen atoms in total. The Morgan fingerprint density at radius 2 is 1.74 bits per heavy atom. The average molecular weight is 314 g/mol. The zero-order valence-electron chi connectivity index (χ0n) is 12.3. The van der Waals surface area contributed by atoms with Crippen LogP contribution in [-0.2, 0) is 4.74 Å². The van der Waals surface area contributed by atoms with E-state index in [1.54, 1.807) is 19.2 Å². The summed E-state index contributed by atoms with van der Waals surface area (Å²) in [6, 6.07) is 8.81. The highest BCUT2D eigenvalue weighted by molar-refractivity contribution is 5.58. The Bertz CT molecular complexity index is 802. The van der Waals surface area contributed by atoms with Gasteiger partial charge in [0.1, 0.15) is 23.4 Å². The number of rotatable bonds is 1. The van der Waals surface area contributed by atoms with E-state index in [2.05, 4.69) is 0 Å². The monoisotopic (exact) mass is 314 g/mol. The summed E-state index contributed by atoms with van der Waals surface area (Å²) >= 11 is 0. The van der Waals surface area contributed by atoms with Gasteiger partial charge in [0.15, 0.2) is 11.5 Å². The molecule has 118 valence electrons. The lowest BCUT2D eigenvalue weighted by Crippen LogP contribution is -2.34. The molecule has 2 aromatic carbocycles. The molecule has 0 bridgehead atoms. The predicted octanol–water partition coefficient (Wildman–Crippen LogP) is 2.70. The molecule has 23 heavy (non-hydrogen) atoms. The van der Waals surface area contributed by atoms with E-state index in [1.165, 1.54) is 0 Å². The highest BCUT2D eigenvalue weighted by Crippen LogP contribution is 2.56. The second-order valence-corrected chi connectivity index (χ2v) is 5.75. The van der Waals surface area contributed by atoms with Crippen LogP contribution in [0.4, 0.5) is 0 Å². The third-order valence-corrected chi connectivity index (χ3v) is 4.52. The number of hydrogen-bond donors (Lipinski definition) is 1. The minimum absolute atomic E-state index is 0.110. The second-order valence-electron chi connectivity index (χ2n) is 5.75. The van der Waals surface area contributed by atoms with Gasteiger partial charge in [0, 0.05) is 30.4 Å². The van der Waals surface area contributed by atoms with Gasteiger partial charge < -0.3 is 28.8 Å². The number of methoxy groups -OCH3 is 1. The lowest BCUT2D eigenvalue weighted by molar-refractivity contribution is -0.0994. The van der Waals surface area contributed by atoms with Crippen LogP contribution < -0.4 is 18.9 Å². The van der Waals surface area contributed by atoms with Gasteiger partial charge in [0.05, 0.1) is 5.92 Å². The number of hydrogen-bond acceptors (Lipinski definition) is 6. The van der Waals surface area contributed by atoms with Crippen molar-refractivity contribution < 1.29 is 28.8 Å². The van der Waals surface area contributed by atoms with Crippen molar-refractivity contribution in [2.24, 2.45) is 0 Å². The smallest absolute Gasteiger partial charge is 0.231 e. The molecule has 0 saturated heterocycles. The van der Waals surface area contributed by atoms with Gasteiger partial charge in [-0.05, 0) is 18.2 Å². The van der Waals surface area contributed by atoms with E-state index >= 15 is 0 Å². The zero-order valence-corrected chi connectivity index (χ0v) is 12.3. The summed E-state index contributed by atoms with van der Waals surface area (Å²) in [5.41, 5.74) is 1.86. The van der Waals surface area contributed by atoms with E-state index < -0.39 is 6.29 Å². The Hall–Kier alpha value is -2.60. The van der Waals surface area contributed by atoms with Gasteiger partial charge in [0.25, 0.3) is 0 Å². The van der Waals surface area contributed by atoms with Gasteiger partial charge in [-0.2, -0.15) is 0 Å². The molecule has 0 radical (unpaired) electrons. The molecule has 3 aliphatic rings. The maximum atomic E-state index is 9.68. The molecule has 6 heteroatoms. The Kier molecular flexibility index (Phi) is 2.50. The number of benzene rings is 2. The number of fused-ring (bicyclic) bond motifs is 6. The summed E-state index contributed by atoms with van der Waals surface area (Å²) in [5.74, 6) is 2.75. The Morgan fingerprint density at radius 1 is 0.957 bits per heavy atom. The molecule has 0 aliphatic carbocycles. The van der Waals surface area contributed by atoms with Crippen LogP contribution >= 0.6 is 0 Å². The van der Waals surface area contributed by atoms with Gasteiger partial charge in [-0.25, -0.2) is 0 Å². The first-order valence-corrected chi connectivity index (χ1v) is 7.37. The maximum Gasteiger partial charge on any atom is 0.231 e. The van der Waals surface area contributed by atoms with Gasteiger partial charge in [-0.15, -0.1) is 0 Å². The standard InChI is InChI=1S/C17H14O6/c1-19-17-15-10-5-13-14(21-7-20-13)6-12(10)22-16(15)9-3-2-8(18)4-11(9)23-17/h2-6,15-18H,7H2,1H3/t15-,16-,17-/m1/s1. The van der Waals surface area contributed by atoms with E-state index in [0.29, 0.717) is 17.2 Å². The second kappa shape index (κ2) is 4.45. The van der Waals surface area contributed by atoms with E-state index in [4.69, 9.17) is 23.7 Å². The van der Waals surface area contributed by atoms with Crippen LogP contribution in [-0.4, -0.2) is 25.3 Å². The fraction of sp³-hybridized carbons (Fsp3) is 0.294. The van der Waals surface area contributed by atoms with Crippen LogP contribution in [0.2, 0.25) is 0 Å². The van der Waals surface area contributed by atoms with Crippen LogP contribution in [0.25, 0.3) is 0 Å². The molecule has 2 aromatic rings. The molecular weight excluding hydrogens is 300 g/mol. The van der Waals surface area contributed by atoms with E-state index in [1.807, 2.05) is 18.2 Å². The third kappa shape index (κ3) is 1.72. The quantitative estimate of drug-likeness (QED) is 0.873. The topological polar surface area (TPSA) is 66.4 Å². The first-order chi connectivity index (χ1) is 11.2. The molecule has 3 atom stereocenters. The maximum absolute atomic E-state index is 9.68. The lowest BCUT2D eigenvalue weighted by atomic mass is 9.88. The SMILES string of the molecule is CO[C@@H]1Oc2cc(O)ccc2[C@H]2Oc3cc4c(cc3[C@@H]12)OCO4. The normalized spacial score (nSPS) is 25.9. The van der Waals surface area contributed by atoms with Gasteiger partial charge in [-0.1, -0.05) is 0 Å². The van der Waals surface area contributed by atoms with Crippen molar-refractivity contribution in [2.45, 2.75) is 18.3 Å². The van der Waals surface area contributed by atoms with E-state index in [0.717, 1.165) is 16.9 Å². The summed E-state index contributed by atoms with van der Waals surface area (Å²) in [5, 5.41) is 9.68. The van der Waals surface area contributed by atoms with Crippen molar-refractivity contribution in [3.63, 3.8) is 0 Å². The molecule has 0 fully saturated rings. The highest BCUT2D eigenvalue weighted by Gasteiger charge is 2.47. The van der Waals surface area contributed by atoms with Crippen LogP contribution in [0, 0.1) is 0 Å². The molecule has 5 rings (SSSR count). The summed E-state index contributed by atoms with van der Waals surface area (Å²) in [6.45, 7) is 0.221. The molecule has 0 unspecified atom stereocenters. The molecule has 3 aliphatic heterocycles. The third-order valence-electron chi connectivity index (χ3n) is 4.52. The number of phenols is 1. The zero-order chi connectivity index (χ0) is 15.6. The lowest BCUT2D eigenvalue weighted by Gasteiger charge is -2.33. The molecular formula is C17H14O6. The summed E-state index contributed by atoms with van der Waals surface area (Å²) in [7, 11) is 1.60. The number of phenolic OH excluding ortho intramolecular Hbond substituents is 1. The van der Waals surface area contributed by atoms with E-state index in [-0.39, 0.29) is 24.6 Å². The molecule has 1 N–H and O–H groups in total. The van der Waals surface area contributed by atoms with Crippen molar-refractivity contribution in [2.75, 3.05) is 13.9 Å². The van der Waals surface area contributed by atoms with Crippen LogP contribution in [0.15, 0.2) is 30.3 Å². The number of aromatic hydroxyl groups is 1. The fourth-order valence-electron chi connectivity index (χ4n) is 3.47. The first-order valence-electron chi connectivity index (χ1n) is 7.37. The van der Waals surface area contributed by atoms with Crippen molar-refractivity contribution in [3.05, 3.63) is 41.5 Å². The first kappa shape index (κ1) is 12.9. The Morgan fingerprint density at radius 3 is 2.57 bits per heavy atom. The van der Waals surface area contributed by atoms with Gasteiger partial charge in [-0.3, -0.25) is 0 Å². The van der Waals surface area contributed by atoms with Crippen molar-refractivity contribution in [1.82, 2.24) is 0 Å². The largest absolute Gasteiger partial charge is 0.508 e. The predicted molar refractivity (Wildman–Crippen MR) is 78.2 cm³/mol. The molecule has 0 saturated carbocycles. The minimum atomic E-state index is -0.504. The average Bonchev–Trinajstić information content (AvgIpc) is 3.14. The molecule has 3 heterocycles. The van der Waals surface area contributed by atoms with Crippen molar-refractivity contribution in [1.29, 1.82) is 0 Å². The van der Waals surface area contributed by atoms with Crippen molar-refractivity contribution >= 4 is 0 Å². The molecule has 0 aromatic heterocycles. The molecule has 0 amide bonds. The molecule has 0 spiro atoms. The van der Waals surface area contributed by atoms with Gasteiger partial charge >= 0.3 is 0 Å². The van der Waals surface area contributed by atoms with Crippen LogP contribution in [0.3, 0.4) is 0 Å². The van der Waals surface area contributed by atoms with E-state index in [9.17, 15) is 5.11 Å². The van der Waals surface area contributed by atoms with Crippen molar-refractivity contribution in [3.8, 4) is 28.7 Å². The Labute approximate surface area is 132 Å². The summed E-state index contributed by atoms with van der Waals surface area (Å²) in [4.78, 5) is 0. The Balaban J connectivity index is 1.65.